The second-order valence-corrected chi connectivity index (χ2v) is 3.79. The fraction of sp³-hybridized carbons (Fsp3) is 0.273. The summed E-state index contributed by atoms with van der Waals surface area (Å²) in [5.74, 6) is -2.12. The Labute approximate surface area is 110 Å². The fourth-order valence-corrected chi connectivity index (χ4v) is 1.75. The number of carbonyl (C=O) groups is 1. The summed E-state index contributed by atoms with van der Waals surface area (Å²) in [4.78, 5) is 14.7. The van der Waals surface area contributed by atoms with Gasteiger partial charge in [0.05, 0.1) is 5.52 Å². The molecular formula is C11H10FLiN2O2. The number of aromatic nitrogens is 2. The summed E-state index contributed by atoms with van der Waals surface area (Å²) in [6.07, 6.45) is 0. The van der Waals surface area contributed by atoms with Gasteiger partial charge in [0.15, 0.2) is 5.82 Å². The van der Waals surface area contributed by atoms with Crippen molar-refractivity contribution < 1.29 is 33.2 Å². The maximum atomic E-state index is 13.6. The summed E-state index contributed by atoms with van der Waals surface area (Å²) >= 11 is 0. The number of imidazole rings is 1. The first-order valence-corrected chi connectivity index (χ1v) is 4.90. The van der Waals surface area contributed by atoms with Gasteiger partial charge in [0.25, 0.3) is 0 Å². The number of nitrogens with zero attached hydrogens (tertiary/aromatic N) is 2. The van der Waals surface area contributed by atoms with Crippen molar-refractivity contribution in [2.75, 3.05) is 0 Å². The van der Waals surface area contributed by atoms with Gasteiger partial charge in [-0.15, -0.1) is 0 Å². The van der Waals surface area contributed by atoms with Gasteiger partial charge in [0.2, 0.25) is 0 Å². The van der Waals surface area contributed by atoms with E-state index in [1.165, 1.54) is 16.7 Å². The molecule has 84 valence electrons. The SMILES string of the molecule is CC(C)n1c(C(=O)[O-])nc2cccc(F)c21.[Li+]. The van der Waals surface area contributed by atoms with Crippen molar-refractivity contribution in [3.05, 3.63) is 29.8 Å². The molecule has 0 N–H and O–H groups in total. The minimum absolute atomic E-state index is 0. The number of fused-ring (bicyclic) bond motifs is 1. The normalized spacial score (nSPS) is 10.6. The molecule has 1 aromatic heterocycles. The van der Waals surface area contributed by atoms with Crippen LogP contribution in [0.4, 0.5) is 4.39 Å². The van der Waals surface area contributed by atoms with Crippen LogP contribution < -0.4 is 24.0 Å². The topological polar surface area (TPSA) is 58.0 Å². The van der Waals surface area contributed by atoms with E-state index in [0.717, 1.165) is 0 Å². The van der Waals surface area contributed by atoms with Crippen LogP contribution in [0.5, 0.6) is 0 Å². The molecule has 0 unspecified atom stereocenters. The van der Waals surface area contributed by atoms with E-state index >= 15 is 0 Å². The second-order valence-electron chi connectivity index (χ2n) is 3.79. The van der Waals surface area contributed by atoms with Crippen LogP contribution in [0.25, 0.3) is 11.0 Å². The Bertz CT molecular complexity index is 566. The van der Waals surface area contributed by atoms with E-state index in [4.69, 9.17) is 0 Å². The Kier molecular flexibility index (Phi) is 3.97. The Morgan fingerprint density at radius 1 is 1.47 bits per heavy atom. The molecule has 0 aliphatic carbocycles. The molecule has 0 aliphatic heterocycles. The minimum atomic E-state index is -1.40. The van der Waals surface area contributed by atoms with E-state index in [9.17, 15) is 14.3 Å². The molecule has 0 fully saturated rings. The molecule has 6 heteroatoms. The summed E-state index contributed by atoms with van der Waals surface area (Å²) < 4.78 is 14.9. The summed E-state index contributed by atoms with van der Waals surface area (Å²) in [5, 5.41) is 10.9. The molecule has 0 atom stereocenters. The summed E-state index contributed by atoms with van der Waals surface area (Å²) in [6, 6.07) is 4.15. The van der Waals surface area contributed by atoms with Gasteiger partial charge >= 0.3 is 18.9 Å². The van der Waals surface area contributed by atoms with E-state index in [1.54, 1.807) is 19.9 Å². The molecule has 2 rings (SSSR count). The van der Waals surface area contributed by atoms with Crippen LogP contribution in [0.15, 0.2) is 18.2 Å². The molecule has 4 nitrogen and oxygen atoms in total. The average Bonchev–Trinajstić information content (AvgIpc) is 2.58. The first-order chi connectivity index (χ1) is 7.52. The molecule has 2 aromatic rings. The maximum absolute atomic E-state index is 13.6. The number of halogens is 1. The molecular weight excluding hydrogens is 218 g/mol. The zero-order chi connectivity index (χ0) is 11.9. The minimum Gasteiger partial charge on any atom is -0.542 e. The van der Waals surface area contributed by atoms with E-state index in [0.29, 0.717) is 5.52 Å². The molecule has 1 aromatic carbocycles. The van der Waals surface area contributed by atoms with Crippen molar-refractivity contribution in [2.45, 2.75) is 19.9 Å². The molecule has 0 bridgehead atoms. The number of aromatic carboxylic acids is 1. The van der Waals surface area contributed by atoms with Gasteiger partial charge in [0.1, 0.15) is 17.3 Å². The summed E-state index contributed by atoms with van der Waals surface area (Å²) in [6.45, 7) is 3.53. The molecule has 0 amide bonds. The van der Waals surface area contributed by atoms with Crippen LogP contribution in [-0.2, 0) is 0 Å². The number of carboxylic acids is 1. The summed E-state index contributed by atoms with van der Waals surface area (Å²) in [5.41, 5.74) is 0.532. The number of hydrogen-bond donors (Lipinski definition) is 0. The zero-order valence-corrected chi connectivity index (χ0v) is 9.90. The Morgan fingerprint density at radius 3 is 2.65 bits per heavy atom. The van der Waals surface area contributed by atoms with E-state index in [-0.39, 0.29) is 36.2 Å². The van der Waals surface area contributed by atoms with Crippen molar-refractivity contribution in [3.63, 3.8) is 0 Å². The molecule has 1 heterocycles. The van der Waals surface area contributed by atoms with Crippen molar-refractivity contribution in [1.29, 1.82) is 0 Å². The van der Waals surface area contributed by atoms with E-state index in [2.05, 4.69) is 4.98 Å². The van der Waals surface area contributed by atoms with Gasteiger partial charge in [-0.1, -0.05) is 6.07 Å². The van der Waals surface area contributed by atoms with Gasteiger partial charge in [-0.2, -0.15) is 0 Å². The number of carbonyl (C=O) groups excluding carboxylic acids is 1. The third-order valence-electron chi connectivity index (χ3n) is 2.36. The third-order valence-corrected chi connectivity index (χ3v) is 2.36. The van der Waals surface area contributed by atoms with Crippen LogP contribution in [-0.4, -0.2) is 15.5 Å². The molecule has 0 saturated heterocycles. The second kappa shape index (κ2) is 4.90. The molecule has 0 saturated carbocycles. The van der Waals surface area contributed by atoms with Crippen LogP contribution in [0, 0.1) is 5.82 Å². The van der Waals surface area contributed by atoms with Gasteiger partial charge in [0, 0.05) is 6.04 Å². The van der Waals surface area contributed by atoms with Crippen molar-refractivity contribution in [3.8, 4) is 0 Å². The first-order valence-electron chi connectivity index (χ1n) is 4.90. The smallest absolute Gasteiger partial charge is 0.542 e. The molecule has 0 aliphatic rings. The van der Waals surface area contributed by atoms with Gasteiger partial charge < -0.3 is 14.5 Å². The number of para-hydroxylation sites is 1. The van der Waals surface area contributed by atoms with Crippen LogP contribution in [0.1, 0.15) is 30.5 Å². The van der Waals surface area contributed by atoms with Crippen molar-refractivity contribution >= 4 is 17.0 Å². The van der Waals surface area contributed by atoms with Gasteiger partial charge in [-0.3, -0.25) is 0 Å². The third kappa shape index (κ3) is 2.21. The van der Waals surface area contributed by atoms with E-state index in [1.807, 2.05) is 0 Å². The Morgan fingerprint density at radius 2 is 2.12 bits per heavy atom. The summed E-state index contributed by atoms with van der Waals surface area (Å²) in [7, 11) is 0. The average molecular weight is 228 g/mol. The Hall–Kier alpha value is -1.31. The van der Waals surface area contributed by atoms with Crippen molar-refractivity contribution in [2.24, 2.45) is 0 Å². The van der Waals surface area contributed by atoms with Crippen LogP contribution >= 0.6 is 0 Å². The number of carboxylic acid groups (broad SMARTS) is 1. The van der Waals surface area contributed by atoms with Crippen LogP contribution in [0.2, 0.25) is 0 Å². The number of benzene rings is 1. The quantitative estimate of drug-likeness (QED) is 0.565. The first kappa shape index (κ1) is 13.8. The van der Waals surface area contributed by atoms with Crippen molar-refractivity contribution in [1.82, 2.24) is 9.55 Å². The van der Waals surface area contributed by atoms with Gasteiger partial charge in [-0.25, -0.2) is 9.37 Å². The Balaban J connectivity index is 0.00000144. The maximum Gasteiger partial charge on any atom is 1.00 e. The molecule has 0 radical (unpaired) electrons. The number of hydrogen-bond acceptors (Lipinski definition) is 3. The predicted octanol–water partition coefficient (Wildman–Crippen LogP) is -1.88. The van der Waals surface area contributed by atoms with Crippen LogP contribution in [0.3, 0.4) is 0 Å². The van der Waals surface area contributed by atoms with Gasteiger partial charge in [-0.05, 0) is 26.0 Å². The standard InChI is InChI=1S/C11H11FN2O2.Li/c1-6(2)14-9-7(12)4-3-5-8(9)13-10(14)11(15)16;/h3-6H,1-2H3,(H,15,16);/q;+1/p-1. The largest absolute Gasteiger partial charge is 1.00 e. The predicted molar refractivity (Wildman–Crippen MR) is 54.4 cm³/mol. The monoisotopic (exact) mass is 228 g/mol. The fourth-order valence-electron chi connectivity index (χ4n) is 1.75. The molecule has 17 heavy (non-hydrogen) atoms. The molecule has 0 spiro atoms. The number of rotatable bonds is 2. The van der Waals surface area contributed by atoms with E-state index < -0.39 is 11.8 Å². The zero-order valence-electron chi connectivity index (χ0n) is 9.90.